The number of aromatic nitrogens is 1. The second-order valence-electron chi connectivity index (χ2n) is 6.91. The molecular weight excluding hydrogens is 322 g/mol. The molecule has 0 amide bonds. The number of fused-ring (bicyclic) bond motifs is 1. The van der Waals surface area contributed by atoms with Crippen LogP contribution in [0, 0.1) is 13.8 Å². The van der Waals surface area contributed by atoms with Gasteiger partial charge in [-0.1, -0.05) is 30.3 Å². The Morgan fingerprint density at radius 1 is 0.923 bits per heavy atom. The van der Waals surface area contributed by atoms with Gasteiger partial charge in [0, 0.05) is 34.6 Å². The zero-order chi connectivity index (χ0) is 18.3. The molecule has 3 aromatic rings. The minimum atomic E-state index is 0.257. The lowest BCUT2D eigenvalue weighted by molar-refractivity contribution is 0.0973. The number of rotatable bonds is 3. The van der Waals surface area contributed by atoms with Gasteiger partial charge in [-0.2, -0.15) is 0 Å². The third kappa shape index (κ3) is 2.55. The smallest absolute Gasteiger partial charge is 0.165 e. The Hall–Kier alpha value is -2.81. The number of carbonyl (C=O) groups excluding carboxylic acids is 1. The molecule has 3 heteroatoms. The fraction of sp³-hybridized carbons (Fsp3) is 0.261. The van der Waals surface area contributed by atoms with Crippen LogP contribution in [0.4, 0.5) is 0 Å². The second kappa shape index (κ2) is 6.49. The van der Waals surface area contributed by atoms with Gasteiger partial charge in [-0.15, -0.1) is 0 Å². The lowest BCUT2D eigenvalue weighted by Crippen LogP contribution is -2.13. The molecule has 0 saturated carbocycles. The Morgan fingerprint density at radius 3 is 2.35 bits per heavy atom. The molecule has 1 aliphatic rings. The zero-order valence-electron chi connectivity index (χ0n) is 15.5. The fourth-order valence-corrected chi connectivity index (χ4v) is 4.08. The van der Waals surface area contributed by atoms with Gasteiger partial charge >= 0.3 is 0 Å². The van der Waals surface area contributed by atoms with Crippen LogP contribution in [-0.2, 0) is 6.42 Å². The van der Waals surface area contributed by atoms with Gasteiger partial charge in [-0.05, 0) is 56.0 Å². The Kier molecular flexibility index (Phi) is 4.15. The molecule has 1 aliphatic carbocycles. The number of ketones is 1. The van der Waals surface area contributed by atoms with E-state index in [0.717, 1.165) is 52.4 Å². The minimum absolute atomic E-state index is 0.257. The van der Waals surface area contributed by atoms with Gasteiger partial charge in [0.25, 0.3) is 0 Å². The topological polar surface area (TPSA) is 31.2 Å². The van der Waals surface area contributed by atoms with E-state index in [-0.39, 0.29) is 5.78 Å². The number of hydrogen-bond acceptors (Lipinski definition) is 2. The number of aryl methyl sites for hydroxylation is 1. The van der Waals surface area contributed by atoms with Crippen molar-refractivity contribution in [2.75, 3.05) is 7.11 Å². The summed E-state index contributed by atoms with van der Waals surface area (Å²) in [6.07, 6.45) is 2.49. The summed E-state index contributed by atoms with van der Waals surface area (Å²) in [4.78, 5) is 12.8. The third-order valence-electron chi connectivity index (χ3n) is 5.34. The summed E-state index contributed by atoms with van der Waals surface area (Å²) in [5, 5.41) is 0. The summed E-state index contributed by atoms with van der Waals surface area (Å²) in [5.74, 6) is 1.08. The predicted octanol–water partition coefficient (Wildman–Crippen LogP) is 5.29. The average molecular weight is 345 g/mol. The van der Waals surface area contributed by atoms with Crippen molar-refractivity contribution in [2.24, 2.45) is 0 Å². The minimum Gasteiger partial charge on any atom is -0.497 e. The van der Waals surface area contributed by atoms with Gasteiger partial charge in [0.2, 0.25) is 0 Å². The Bertz CT molecular complexity index is 980. The van der Waals surface area contributed by atoms with Crippen LogP contribution in [0.2, 0.25) is 0 Å². The summed E-state index contributed by atoms with van der Waals surface area (Å²) in [7, 11) is 1.67. The quantitative estimate of drug-likeness (QED) is 0.646. The summed E-state index contributed by atoms with van der Waals surface area (Å²) < 4.78 is 7.58. The van der Waals surface area contributed by atoms with Crippen LogP contribution in [0.15, 0.2) is 48.5 Å². The van der Waals surface area contributed by atoms with Crippen molar-refractivity contribution < 1.29 is 9.53 Å². The van der Waals surface area contributed by atoms with E-state index in [4.69, 9.17) is 4.74 Å². The van der Waals surface area contributed by atoms with Crippen molar-refractivity contribution in [3.05, 3.63) is 71.0 Å². The van der Waals surface area contributed by atoms with Gasteiger partial charge in [0.15, 0.2) is 5.78 Å². The average Bonchev–Trinajstić information content (AvgIpc) is 2.96. The largest absolute Gasteiger partial charge is 0.497 e. The van der Waals surface area contributed by atoms with Crippen molar-refractivity contribution in [3.8, 4) is 22.6 Å². The lowest BCUT2D eigenvalue weighted by atomic mass is 9.90. The predicted molar refractivity (Wildman–Crippen MR) is 104 cm³/mol. The van der Waals surface area contributed by atoms with Gasteiger partial charge in [-0.3, -0.25) is 4.79 Å². The fourth-order valence-electron chi connectivity index (χ4n) is 4.08. The van der Waals surface area contributed by atoms with E-state index < -0.39 is 0 Å². The molecule has 2 aromatic carbocycles. The van der Waals surface area contributed by atoms with Crippen molar-refractivity contribution in [3.63, 3.8) is 0 Å². The molecule has 3 nitrogen and oxygen atoms in total. The summed E-state index contributed by atoms with van der Waals surface area (Å²) in [5.41, 5.74) is 7.70. The molecule has 4 rings (SSSR count). The van der Waals surface area contributed by atoms with Crippen molar-refractivity contribution in [1.29, 1.82) is 0 Å². The third-order valence-corrected chi connectivity index (χ3v) is 5.34. The molecule has 132 valence electrons. The van der Waals surface area contributed by atoms with Gasteiger partial charge < -0.3 is 9.30 Å². The highest BCUT2D eigenvalue weighted by molar-refractivity contribution is 6.05. The Balaban J connectivity index is 2.00. The number of hydrogen-bond donors (Lipinski definition) is 0. The molecular formula is C23H23NO2. The normalized spacial score (nSPS) is 13.6. The number of methoxy groups -OCH3 is 1. The van der Waals surface area contributed by atoms with Crippen LogP contribution >= 0.6 is 0 Å². The molecule has 0 saturated heterocycles. The maximum atomic E-state index is 12.8. The van der Waals surface area contributed by atoms with Crippen LogP contribution in [0.25, 0.3) is 16.8 Å². The number of carbonyl (C=O) groups is 1. The highest BCUT2D eigenvalue weighted by atomic mass is 16.5. The highest BCUT2D eigenvalue weighted by Crippen LogP contribution is 2.39. The summed E-state index contributed by atoms with van der Waals surface area (Å²) >= 11 is 0. The molecule has 1 heterocycles. The van der Waals surface area contributed by atoms with Crippen LogP contribution in [0.5, 0.6) is 5.75 Å². The van der Waals surface area contributed by atoms with E-state index in [1.54, 1.807) is 7.11 Å². The number of ether oxygens (including phenoxy) is 1. The number of benzene rings is 2. The zero-order valence-corrected chi connectivity index (χ0v) is 15.5. The maximum absolute atomic E-state index is 12.8. The van der Waals surface area contributed by atoms with Crippen molar-refractivity contribution >= 4 is 5.78 Å². The SMILES string of the molecule is COc1ccc(-c2c3c(n(-c4ccccc4C)c2C)CCCC3=O)cc1. The standard InChI is InChI=1S/C23H23NO2/c1-15-7-4-5-8-19(15)24-16(2)22(17-11-13-18(26-3)14-12-17)23-20(24)9-6-10-21(23)25/h4-5,7-8,11-14H,6,9-10H2,1-3H3. The first-order valence-corrected chi connectivity index (χ1v) is 9.09. The van der Waals surface area contributed by atoms with Crippen LogP contribution in [0.3, 0.4) is 0 Å². The van der Waals surface area contributed by atoms with E-state index in [1.165, 1.54) is 5.56 Å². The van der Waals surface area contributed by atoms with Crippen LogP contribution in [-0.4, -0.2) is 17.5 Å². The van der Waals surface area contributed by atoms with Gasteiger partial charge in [0.1, 0.15) is 5.75 Å². The Morgan fingerprint density at radius 2 is 1.65 bits per heavy atom. The number of para-hydroxylation sites is 1. The molecule has 0 atom stereocenters. The van der Waals surface area contributed by atoms with Crippen molar-refractivity contribution in [2.45, 2.75) is 33.1 Å². The molecule has 0 N–H and O–H groups in total. The molecule has 0 radical (unpaired) electrons. The molecule has 0 aliphatic heterocycles. The molecule has 0 bridgehead atoms. The first-order valence-electron chi connectivity index (χ1n) is 9.09. The maximum Gasteiger partial charge on any atom is 0.165 e. The summed E-state index contributed by atoms with van der Waals surface area (Å²) in [6.45, 7) is 4.25. The van der Waals surface area contributed by atoms with Gasteiger partial charge in [-0.25, -0.2) is 0 Å². The number of Topliss-reactive ketones (excluding diaryl/α,β-unsaturated/α-hetero) is 1. The van der Waals surface area contributed by atoms with E-state index in [2.05, 4.69) is 42.7 Å². The van der Waals surface area contributed by atoms with E-state index in [0.29, 0.717) is 6.42 Å². The molecule has 0 spiro atoms. The molecule has 26 heavy (non-hydrogen) atoms. The van der Waals surface area contributed by atoms with E-state index in [1.807, 2.05) is 24.3 Å². The second-order valence-corrected chi connectivity index (χ2v) is 6.91. The Labute approximate surface area is 154 Å². The monoisotopic (exact) mass is 345 g/mol. The van der Waals surface area contributed by atoms with Crippen LogP contribution in [0.1, 0.15) is 40.2 Å². The van der Waals surface area contributed by atoms with Gasteiger partial charge in [0.05, 0.1) is 7.11 Å². The molecule has 1 aromatic heterocycles. The van der Waals surface area contributed by atoms with Crippen molar-refractivity contribution in [1.82, 2.24) is 4.57 Å². The lowest BCUT2D eigenvalue weighted by Gasteiger charge is -2.17. The molecule has 0 fully saturated rings. The van der Waals surface area contributed by atoms with E-state index in [9.17, 15) is 4.79 Å². The molecule has 0 unspecified atom stereocenters. The highest BCUT2D eigenvalue weighted by Gasteiger charge is 2.29. The first kappa shape index (κ1) is 16.6. The summed E-state index contributed by atoms with van der Waals surface area (Å²) in [6, 6.07) is 16.4. The van der Waals surface area contributed by atoms with E-state index >= 15 is 0 Å². The first-order chi connectivity index (χ1) is 12.6. The number of nitrogens with zero attached hydrogens (tertiary/aromatic N) is 1. The van der Waals surface area contributed by atoms with Crippen LogP contribution < -0.4 is 4.74 Å².